The highest BCUT2D eigenvalue weighted by atomic mass is 79.9. The average molecular weight is 416 g/mol. The lowest BCUT2D eigenvalue weighted by molar-refractivity contribution is -0.142. The standard InChI is InChI=1S/C18H17BrF3NO2/c1-3-4-14(17(24)25-2)12-9-15(23-16(19)10-12)11-5-7-13(8-6-11)18(20,21)22/h5-10,14H,3-4H2,1-2H3. The molecule has 1 unspecified atom stereocenters. The summed E-state index contributed by atoms with van der Waals surface area (Å²) in [7, 11) is 1.33. The number of halogens is 4. The number of pyridine rings is 1. The molecule has 0 spiro atoms. The molecule has 0 saturated heterocycles. The number of aromatic nitrogens is 1. The van der Waals surface area contributed by atoms with Gasteiger partial charge in [0.05, 0.1) is 24.3 Å². The SMILES string of the molecule is CCCC(C(=O)OC)c1cc(Br)nc(-c2ccc(C(F)(F)F)cc2)c1. The number of rotatable bonds is 5. The third-order valence-electron chi connectivity index (χ3n) is 3.79. The Morgan fingerprint density at radius 1 is 1.24 bits per heavy atom. The molecule has 134 valence electrons. The minimum absolute atomic E-state index is 0.349. The van der Waals surface area contributed by atoms with Gasteiger partial charge in [0.25, 0.3) is 0 Å². The van der Waals surface area contributed by atoms with E-state index in [0.29, 0.717) is 27.8 Å². The summed E-state index contributed by atoms with van der Waals surface area (Å²) < 4.78 is 43.4. The van der Waals surface area contributed by atoms with E-state index in [1.807, 2.05) is 6.92 Å². The summed E-state index contributed by atoms with van der Waals surface area (Å²) in [6, 6.07) is 8.21. The number of methoxy groups -OCH3 is 1. The Kier molecular flexibility index (Phi) is 6.21. The highest BCUT2D eigenvalue weighted by molar-refractivity contribution is 9.10. The van der Waals surface area contributed by atoms with Crippen LogP contribution in [0.2, 0.25) is 0 Å². The molecule has 0 N–H and O–H groups in total. The van der Waals surface area contributed by atoms with Crippen LogP contribution in [0.3, 0.4) is 0 Å². The number of ether oxygens (including phenoxy) is 1. The Balaban J connectivity index is 2.43. The van der Waals surface area contributed by atoms with Crippen LogP contribution in [0.5, 0.6) is 0 Å². The molecule has 0 aliphatic carbocycles. The zero-order valence-electron chi connectivity index (χ0n) is 13.7. The van der Waals surface area contributed by atoms with Gasteiger partial charge in [-0.3, -0.25) is 4.79 Å². The van der Waals surface area contributed by atoms with Gasteiger partial charge in [-0.15, -0.1) is 0 Å². The number of hydrogen-bond donors (Lipinski definition) is 0. The Labute approximate surface area is 152 Å². The fourth-order valence-electron chi connectivity index (χ4n) is 2.55. The molecule has 2 rings (SSSR count). The van der Waals surface area contributed by atoms with E-state index in [4.69, 9.17) is 4.74 Å². The molecule has 0 fully saturated rings. The third-order valence-corrected chi connectivity index (χ3v) is 4.20. The highest BCUT2D eigenvalue weighted by Gasteiger charge is 2.30. The molecule has 0 aliphatic rings. The second-order valence-electron chi connectivity index (χ2n) is 5.55. The summed E-state index contributed by atoms with van der Waals surface area (Å²) >= 11 is 3.30. The number of benzene rings is 1. The molecular weight excluding hydrogens is 399 g/mol. The minimum Gasteiger partial charge on any atom is -0.469 e. The van der Waals surface area contributed by atoms with Crippen LogP contribution < -0.4 is 0 Å². The van der Waals surface area contributed by atoms with Crippen LogP contribution in [-0.4, -0.2) is 18.1 Å². The minimum atomic E-state index is -4.38. The van der Waals surface area contributed by atoms with Crippen LogP contribution in [0.1, 0.15) is 36.8 Å². The van der Waals surface area contributed by atoms with Crippen molar-refractivity contribution in [1.82, 2.24) is 4.98 Å². The molecule has 1 aromatic heterocycles. The normalized spacial score (nSPS) is 12.7. The van der Waals surface area contributed by atoms with Crippen LogP contribution in [0.15, 0.2) is 41.0 Å². The van der Waals surface area contributed by atoms with Gasteiger partial charge in [0.15, 0.2) is 0 Å². The molecule has 7 heteroatoms. The van der Waals surface area contributed by atoms with Crippen LogP contribution >= 0.6 is 15.9 Å². The number of carbonyl (C=O) groups is 1. The van der Waals surface area contributed by atoms with Crippen molar-refractivity contribution in [3.05, 3.63) is 52.1 Å². The van der Waals surface area contributed by atoms with Gasteiger partial charge in [-0.1, -0.05) is 25.5 Å². The van der Waals surface area contributed by atoms with Crippen molar-refractivity contribution in [2.75, 3.05) is 7.11 Å². The Morgan fingerprint density at radius 3 is 2.40 bits per heavy atom. The fourth-order valence-corrected chi connectivity index (χ4v) is 3.00. The van der Waals surface area contributed by atoms with Crippen LogP contribution in [-0.2, 0) is 15.7 Å². The first-order valence-electron chi connectivity index (χ1n) is 7.69. The summed E-state index contributed by atoms with van der Waals surface area (Å²) in [4.78, 5) is 16.3. The smallest absolute Gasteiger partial charge is 0.416 e. The molecule has 25 heavy (non-hydrogen) atoms. The fraction of sp³-hybridized carbons (Fsp3) is 0.333. The zero-order valence-corrected chi connectivity index (χ0v) is 15.3. The van der Waals surface area contributed by atoms with Crippen molar-refractivity contribution >= 4 is 21.9 Å². The van der Waals surface area contributed by atoms with Gasteiger partial charge in [0, 0.05) is 5.56 Å². The number of carbonyl (C=O) groups excluding carboxylic acids is 1. The first-order valence-corrected chi connectivity index (χ1v) is 8.48. The van der Waals surface area contributed by atoms with Crippen molar-refractivity contribution in [2.45, 2.75) is 31.9 Å². The summed E-state index contributed by atoms with van der Waals surface area (Å²) in [5.41, 5.74) is 1.02. The lowest BCUT2D eigenvalue weighted by Gasteiger charge is -2.16. The second kappa shape index (κ2) is 7.99. The molecule has 0 saturated carbocycles. The van der Waals surface area contributed by atoms with E-state index in [0.717, 1.165) is 18.6 Å². The van der Waals surface area contributed by atoms with Crippen LogP contribution in [0.25, 0.3) is 11.3 Å². The molecule has 2 aromatic rings. The summed E-state index contributed by atoms with van der Waals surface area (Å²) in [6.07, 6.45) is -2.99. The molecule has 1 heterocycles. The lowest BCUT2D eigenvalue weighted by atomic mass is 9.94. The van der Waals surface area contributed by atoms with Gasteiger partial charge < -0.3 is 4.74 Å². The van der Waals surface area contributed by atoms with Crippen molar-refractivity contribution < 1.29 is 22.7 Å². The maximum Gasteiger partial charge on any atom is 0.416 e. The monoisotopic (exact) mass is 415 g/mol. The largest absolute Gasteiger partial charge is 0.469 e. The van der Waals surface area contributed by atoms with Gasteiger partial charge >= 0.3 is 12.1 Å². The first kappa shape index (κ1) is 19.4. The van der Waals surface area contributed by atoms with Gasteiger partial charge in [-0.25, -0.2) is 4.98 Å². The lowest BCUT2D eigenvalue weighted by Crippen LogP contribution is -2.14. The summed E-state index contributed by atoms with van der Waals surface area (Å²) in [5, 5.41) is 0. The Hall–Kier alpha value is -1.89. The van der Waals surface area contributed by atoms with E-state index in [-0.39, 0.29) is 5.97 Å². The van der Waals surface area contributed by atoms with E-state index in [2.05, 4.69) is 20.9 Å². The molecule has 0 bridgehead atoms. The molecule has 1 atom stereocenters. The Morgan fingerprint density at radius 2 is 1.88 bits per heavy atom. The number of alkyl halides is 3. The maximum absolute atomic E-state index is 12.7. The Bertz CT molecular complexity index is 745. The maximum atomic E-state index is 12.7. The summed E-state index contributed by atoms with van der Waals surface area (Å²) in [5.74, 6) is -0.791. The van der Waals surface area contributed by atoms with Gasteiger partial charge in [-0.2, -0.15) is 13.2 Å². The van der Waals surface area contributed by atoms with Gasteiger partial charge in [0.1, 0.15) is 4.60 Å². The zero-order chi connectivity index (χ0) is 18.6. The second-order valence-corrected chi connectivity index (χ2v) is 6.36. The van der Waals surface area contributed by atoms with E-state index in [1.54, 1.807) is 12.1 Å². The molecule has 0 amide bonds. The first-order chi connectivity index (χ1) is 11.8. The van der Waals surface area contributed by atoms with Crippen molar-refractivity contribution in [1.29, 1.82) is 0 Å². The van der Waals surface area contributed by atoms with Gasteiger partial charge in [-0.05, 0) is 52.2 Å². The predicted octanol–water partition coefficient (Wildman–Crippen LogP) is 5.59. The van der Waals surface area contributed by atoms with Crippen molar-refractivity contribution in [3.63, 3.8) is 0 Å². The van der Waals surface area contributed by atoms with E-state index < -0.39 is 17.7 Å². The van der Waals surface area contributed by atoms with E-state index >= 15 is 0 Å². The highest BCUT2D eigenvalue weighted by Crippen LogP contribution is 2.32. The quantitative estimate of drug-likeness (QED) is 0.472. The van der Waals surface area contributed by atoms with Crippen molar-refractivity contribution in [3.8, 4) is 11.3 Å². The van der Waals surface area contributed by atoms with Gasteiger partial charge in [0.2, 0.25) is 0 Å². The topological polar surface area (TPSA) is 39.2 Å². The molecule has 3 nitrogen and oxygen atoms in total. The average Bonchev–Trinajstić information content (AvgIpc) is 2.57. The van der Waals surface area contributed by atoms with Crippen LogP contribution in [0, 0.1) is 0 Å². The number of nitrogens with zero attached hydrogens (tertiary/aromatic N) is 1. The number of hydrogen-bond acceptors (Lipinski definition) is 3. The molecule has 0 radical (unpaired) electrons. The van der Waals surface area contributed by atoms with Crippen molar-refractivity contribution in [2.24, 2.45) is 0 Å². The van der Waals surface area contributed by atoms with E-state index in [1.165, 1.54) is 19.2 Å². The predicted molar refractivity (Wildman–Crippen MR) is 92.0 cm³/mol. The summed E-state index contributed by atoms with van der Waals surface area (Å²) in [6.45, 7) is 1.96. The van der Waals surface area contributed by atoms with E-state index in [9.17, 15) is 18.0 Å². The molecular formula is C18H17BrF3NO2. The third kappa shape index (κ3) is 4.81. The van der Waals surface area contributed by atoms with Crippen LogP contribution in [0.4, 0.5) is 13.2 Å². The molecule has 0 aliphatic heterocycles. The number of esters is 1. The molecule has 1 aromatic carbocycles.